The van der Waals surface area contributed by atoms with Crippen molar-refractivity contribution in [3.63, 3.8) is 0 Å². The molecule has 2 heterocycles. The normalized spacial score (nSPS) is 12.9. The fourth-order valence-electron chi connectivity index (χ4n) is 2.44. The monoisotopic (exact) mass is 287 g/mol. The molecule has 1 N–H and O–H groups in total. The summed E-state index contributed by atoms with van der Waals surface area (Å²) in [5, 5.41) is 11.7. The summed E-state index contributed by atoms with van der Waals surface area (Å²) in [6.45, 7) is 3.17. The van der Waals surface area contributed by atoms with E-state index in [1.807, 2.05) is 11.3 Å². The predicted octanol–water partition coefficient (Wildman–Crippen LogP) is 4.86. The number of nitrogens with one attached hydrogen (secondary N) is 1. The van der Waals surface area contributed by atoms with Crippen LogP contribution in [0.4, 0.5) is 0 Å². The van der Waals surface area contributed by atoms with E-state index in [1.165, 1.54) is 21.2 Å². The molecule has 3 rings (SSSR count). The highest BCUT2D eigenvalue weighted by atomic mass is 32.1. The summed E-state index contributed by atoms with van der Waals surface area (Å²) in [6.07, 6.45) is 1.06. The third-order valence-electron chi connectivity index (χ3n) is 3.38. The van der Waals surface area contributed by atoms with Gasteiger partial charge < -0.3 is 5.32 Å². The Morgan fingerprint density at radius 1 is 1.16 bits per heavy atom. The molecule has 3 heteroatoms. The van der Waals surface area contributed by atoms with E-state index in [0.29, 0.717) is 6.04 Å². The molecule has 1 nitrogen and oxygen atoms in total. The van der Waals surface area contributed by atoms with Crippen molar-refractivity contribution in [1.29, 1.82) is 0 Å². The zero-order chi connectivity index (χ0) is 13.1. The Bertz CT molecular complexity index is 640. The fourth-order valence-corrected chi connectivity index (χ4v) is 4.13. The van der Waals surface area contributed by atoms with Crippen LogP contribution in [0.15, 0.2) is 46.5 Å². The Hall–Kier alpha value is -1.16. The van der Waals surface area contributed by atoms with Crippen molar-refractivity contribution in [2.24, 2.45) is 0 Å². The Balaban J connectivity index is 1.89. The molecule has 1 aromatic carbocycles. The average Bonchev–Trinajstić information content (AvgIpc) is 3.08. The zero-order valence-corrected chi connectivity index (χ0v) is 12.6. The van der Waals surface area contributed by atoms with Gasteiger partial charge in [0.05, 0.1) is 0 Å². The second kappa shape index (κ2) is 5.87. The van der Waals surface area contributed by atoms with Gasteiger partial charge in [0, 0.05) is 10.7 Å². The first-order chi connectivity index (χ1) is 9.38. The summed E-state index contributed by atoms with van der Waals surface area (Å²) in [5.41, 5.74) is 2.86. The predicted molar refractivity (Wildman–Crippen MR) is 86.3 cm³/mol. The van der Waals surface area contributed by atoms with Crippen LogP contribution in [0, 0.1) is 0 Å². The molecular formula is C16H17NS2. The van der Waals surface area contributed by atoms with Crippen LogP contribution < -0.4 is 5.32 Å². The summed E-state index contributed by atoms with van der Waals surface area (Å²) in [6, 6.07) is 11.3. The van der Waals surface area contributed by atoms with Gasteiger partial charge in [-0.15, -0.1) is 11.3 Å². The van der Waals surface area contributed by atoms with Crippen molar-refractivity contribution in [3.8, 4) is 0 Å². The summed E-state index contributed by atoms with van der Waals surface area (Å²) in [7, 11) is 0. The summed E-state index contributed by atoms with van der Waals surface area (Å²) < 4.78 is 1.39. The van der Waals surface area contributed by atoms with Gasteiger partial charge in [0.2, 0.25) is 0 Å². The van der Waals surface area contributed by atoms with E-state index < -0.39 is 0 Å². The van der Waals surface area contributed by atoms with Crippen molar-refractivity contribution >= 4 is 32.8 Å². The molecule has 0 aliphatic heterocycles. The minimum atomic E-state index is 0.425. The highest BCUT2D eigenvalue weighted by Crippen LogP contribution is 2.30. The van der Waals surface area contributed by atoms with Gasteiger partial charge in [-0.3, -0.25) is 0 Å². The lowest BCUT2D eigenvalue weighted by Gasteiger charge is -2.16. The van der Waals surface area contributed by atoms with Gasteiger partial charge in [-0.2, -0.15) is 11.3 Å². The largest absolute Gasteiger partial charge is 0.310 e. The number of hydrogen-bond donors (Lipinski definition) is 1. The Morgan fingerprint density at radius 2 is 2.05 bits per heavy atom. The van der Waals surface area contributed by atoms with Gasteiger partial charge in [0.25, 0.3) is 0 Å². The number of likely N-dealkylation sites (N-methyl/N-ethyl adjacent to an activating group) is 1. The SMILES string of the molecule is CCNC(Cc1csc2ccccc12)c1ccsc1. The van der Waals surface area contributed by atoms with Gasteiger partial charge in [-0.05, 0) is 57.8 Å². The summed E-state index contributed by atoms with van der Waals surface area (Å²) >= 11 is 3.62. The lowest BCUT2D eigenvalue weighted by Crippen LogP contribution is -2.22. The molecule has 3 aromatic rings. The lowest BCUT2D eigenvalue weighted by molar-refractivity contribution is 0.553. The number of thiophene rings is 2. The Labute approximate surface area is 121 Å². The van der Waals surface area contributed by atoms with E-state index in [2.05, 4.69) is 58.7 Å². The third-order valence-corrected chi connectivity index (χ3v) is 5.10. The van der Waals surface area contributed by atoms with Crippen LogP contribution in [0.25, 0.3) is 10.1 Å². The molecule has 0 fully saturated rings. The molecule has 0 aliphatic rings. The lowest BCUT2D eigenvalue weighted by atomic mass is 10.0. The first-order valence-corrected chi connectivity index (χ1v) is 8.41. The molecule has 2 aromatic heterocycles. The molecule has 0 radical (unpaired) electrons. The first kappa shape index (κ1) is 12.9. The van der Waals surface area contributed by atoms with Gasteiger partial charge in [0.15, 0.2) is 0 Å². The van der Waals surface area contributed by atoms with Crippen molar-refractivity contribution < 1.29 is 0 Å². The first-order valence-electron chi connectivity index (χ1n) is 6.59. The highest BCUT2D eigenvalue weighted by molar-refractivity contribution is 7.17. The van der Waals surface area contributed by atoms with Crippen molar-refractivity contribution in [2.75, 3.05) is 6.54 Å². The minimum absolute atomic E-state index is 0.425. The topological polar surface area (TPSA) is 12.0 Å². The summed E-state index contributed by atoms with van der Waals surface area (Å²) in [5.74, 6) is 0. The van der Waals surface area contributed by atoms with E-state index in [0.717, 1.165) is 13.0 Å². The molecule has 0 amide bonds. The maximum absolute atomic E-state index is 3.60. The van der Waals surface area contributed by atoms with Crippen LogP contribution in [-0.4, -0.2) is 6.54 Å². The van der Waals surface area contributed by atoms with E-state index in [9.17, 15) is 0 Å². The average molecular weight is 287 g/mol. The summed E-state index contributed by atoms with van der Waals surface area (Å²) in [4.78, 5) is 0. The quantitative estimate of drug-likeness (QED) is 0.707. The molecule has 19 heavy (non-hydrogen) atoms. The zero-order valence-electron chi connectivity index (χ0n) is 10.9. The molecule has 1 atom stereocenters. The molecule has 0 aliphatic carbocycles. The van der Waals surface area contributed by atoms with Crippen LogP contribution >= 0.6 is 22.7 Å². The number of fused-ring (bicyclic) bond motifs is 1. The second-order valence-corrected chi connectivity index (χ2v) is 6.32. The molecule has 98 valence electrons. The molecule has 0 bridgehead atoms. The number of benzene rings is 1. The molecular weight excluding hydrogens is 270 g/mol. The molecule has 0 saturated heterocycles. The van der Waals surface area contributed by atoms with E-state index in [4.69, 9.17) is 0 Å². The van der Waals surface area contributed by atoms with Crippen molar-refractivity contribution in [3.05, 3.63) is 57.6 Å². The van der Waals surface area contributed by atoms with Crippen LogP contribution in [0.3, 0.4) is 0 Å². The van der Waals surface area contributed by atoms with Crippen LogP contribution in [0.5, 0.6) is 0 Å². The van der Waals surface area contributed by atoms with Crippen molar-refractivity contribution in [2.45, 2.75) is 19.4 Å². The molecule has 1 unspecified atom stereocenters. The van der Waals surface area contributed by atoms with E-state index >= 15 is 0 Å². The molecule has 0 spiro atoms. The van der Waals surface area contributed by atoms with Crippen molar-refractivity contribution in [1.82, 2.24) is 5.32 Å². The second-order valence-electron chi connectivity index (χ2n) is 4.63. The van der Waals surface area contributed by atoms with Gasteiger partial charge in [0.1, 0.15) is 0 Å². The third kappa shape index (κ3) is 2.73. The van der Waals surface area contributed by atoms with Gasteiger partial charge in [-0.1, -0.05) is 25.1 Å². The number of hydrogen-bond acceptors (Lipinski definition) is 3. The molecule has 0 saturated carbocycles. The number of rotatable bonds is 5. The van der Waals surface area contributed by atoms with E-state index in [-0.39, 0.29) is 0 Å². The van der Waals surface area contributed by atoms with Gasteiger partial charge in [-0.25, -0.2) is 0 Å². The van der Waals surface area contributed by atoms with Crippen LogP contribution in [0.2, 0.25) is 0 Å². The standard InChI is InChI=1S/C16H17NS2/c1-2-17-15(12-7-8-18-10-12)9-13-11-19-16-6-4-3-5-14(13)16/h3-8,10-11,15,17H,2,9H2,1H3. The van der Waals surface area contributed by atoms with Crippen LogP contribution in [-0.2, 0) is 6.42 Å². The smallest absolute Gasteiger partial charge is 0.0369 e. The maximum Gasteiger partial charge on any atom is 0.0369 e. The van der Waals surface area contributed by atoms with Crippen LogP contribution in [0.1, 0.15) is 24.1 Å². The minimum Gasteiger partial charge on any atom is -0.310 e. The fraction of sp³-hybridized carbons (Fsp3) is 0.250. The Kier molecular flexibility index (Phi) is 3.97. The van der Waals surface area contributed by atoms with Gasteiger partial charge >= 0.3 is 0 Å². The highest BCUT2D eigenvalue weighted by Gasteiger charge is 2.14. The van der Waals surface area contributed by atoms with E-state index in [1.54, 1.807) is 11.3 Å². The Morgan fingerprint density at radius 3 is 2.84 bits per heavy atom. The maximum atomic E-state index is 3.60.